The van der Waals surface area contributed by atoms with Crippen LogP contribution in [0.3, 0.4) is 0 Å². The van der Waals surface area contributed by atoms with E-state index in [9.17, 15) is 4.79 Å². The average molecular weight is 416 g/mol. The molecule has 0 atom stereocenters. The molecule has 2 aromatic rings. The second-order valence-corrected chi connectivity index (χ2v) is 6.95. The molecule has 0 unspecified atom stereocenters. The minimum absolute atomic E-state index is 0.115. The minimum Gasteiger partial charge on any atom is -0.385 e. The Hall–Kier alpha value is -2.91. The van der Waals surface area contributed by atoms with Gasteiger partial charge in [0, 0.05) is 65.0 Å². The summed E-state index contributed by atoms with van der Waals surface area (Å²) in [5.41, 5.74) is 1.80. The zero-order valence-electron chi connectivity index (χ0n) is 18.1. The van der Waals surface area contributed by atoms with Gasteiger partial charge in [-0.05, 0) is 37.2 Å². The third-order valence-electron chi connectivity index (χ3n) is 4.43. The van der Waals surface area contributed by atoms with Gasteiger partial charge in [-0.25, -0.2) is 0 Å². The van der Waals surface area contributed by atoms with Crippen molar-refractivity contribution in [3.63, 3.8) is 0 Å². The van der Waals surface area contributed by atoms with Gasteiger partial charge in [-0.15, -0.1) is 0 Å². The second-order valence-electron chi connectivity index (χ2n) is 6.95. The molecule has 164 valence electrons. The third-order valence-corrected chi connectivity index (χ3v) is 4.43. The van der Waals surface area contributed by atoms with E-state index < -0.39 is 0 Å². The summed E-state index contributed by atoms with van der Waals surface area (Å²) in [6.45, 7) is 4.29. The number of hydrogen-bond donors (Lipinski definition) is 3. The molecular weight excluding hydrogens is 382 g/mol. The van der Waals surface area contributed by atoms with E-state index in [2.05, 4.69) is 38.0 Å². The molecule has 0 radical (unpaired) electrons. The molecule has 0 bridgehead atoms. The lowest BCUT2D eigenvalue weighted by molar-refractivity contribution is -0.116. The van der Waals surface area contributed by atoms with Gasteiger partial charge >= 0.3 is 0 Å². The van der Waals surface area contributed by atoms with E-state index in [4.69, 9.17) is 4.74 Å². The minimum atomic E-state index is -0.115. The number of hydrogen-bond acceptors (Lipinski definition) is 5. The Morgan fingerprint density at radius 2 is 2.13 bits per heavy atom. The maximum atomic E-state index is 12.1. The number of rotatable bonds is 12. The summed E-state index contributed by atoms with van der Waals surface area (Å²) >= 11 is 0. The van der Waals surface area contributed by atoms with E-state index in [1.807, 2.05) is 24.3 Å². The van der Waals surface area contributed by atoms with Crippen molar-refractivity contribution in [2.75, 3.05) is 52.8 Å². The van der Waals surface area contributed by atoms with Gasteiger partial charge in [-0.3, -0.25) is 14.5 Å². The van der Waals surface area contributed by atoms with Crippen LogP contribution in [-0.4, -0.2) is 74.0 Å². The number of amides is 1. The fourth-order valence-electron chi connectivity index (χ4n) is 2.86. The van der Waals surface area contributed by atoms with Crippen molar-refractivity contribution < 1.29 is 9.53 Å². The fourth-order valence-corrected chi connectivity index (χ4v) is 2.86. The Kier molecular flexibility index (Phi) is 10.4. The quantitative estimate of drug-likeness (QED) is 0.274. The monoisotopic (exact) mass is 415 g/mol. The molecule has 2 rings (SSSR count). The van der Waals surface area contributed by atoms with Crippen LogP contribution in [0.25, 0.3) is 0 Å². The van der Waals surface area contributed by atoms with Gasteiger partial charge < -0.3 is 25.6 Å². The van der Waals surface area contributed by atoms with Crippen molar-refractivity contribution in [3.8, 4) is 0 Å². The molecule has 0 aliphatic heterocycles. The van der Waals surface area contributed by atoms with Crippen LogP contribution in [0.5, 0.6) is 0 Å². The third kappa shape index (κ3) is 9.06. The topological polar surface area (TPSA) is 95.8 Å². The van der Waals surface area contributed by atoms with Crippen molar-refractivity contribution in [1.82, 2.24) is 25.3 Å². The molecule has 0 saturated carbocycles. The molecule has 1 aromatic heterocycles. The van der Waals surface area contributed by atoms with Gasteiger partial charge in [0.1, 0.15) is 6.54 Å². The molecule has 9 heteroatoms. The summed E-state index contributed by atoms with van der Waals surface area (Å²) in [5, 5.41) is 13.6. The average Bonchev–Trinajstić information content (AvgIpc) is 3.24. The van der Waals surface area contributed by atoms with Crippen molar-refractivity contribution in [3.05, 3.63) is 48.3 Å². The van der Waals surface area contributed by atoms with Crippen molar-refractivity contribution in [1.29, 1.82) is 0 Å². The molecular formula is C21H33N7O2. The highest BCUT2D eigenvalue weighted by molar-refractivity contribution is 5.90. The molecule has 30 heavy (non-hydrogen) atoms. The highest BCUT2D eigenvalue weighted by Crippen LogP contribution is 2.10. The first-order valence-corrected chi connectivity index (χ1v) is 10.1. The lowest BCUT2D eigenvalue weighted by Crippen LogP contribution is -2.40. The molecule has 1 heterocycles. The summed E-state index contributed by atoms with van der Waals surface area (Å²) in [6, 6.07) is 9.54. The summed E-state index contributed by atoms with van der Waals surface area (Å²) < 4.78 is 6.67. The van der Waals surface area contributed by atoms with Gasteiger partial charge in [-0.2, -0.15) is 5.10 Å². The molecule has 9 nitrogen and oxygen atoms in total. The van der Waals surface area contributed by atoms with Crippen LogP contribution in [0.4, 0.5) is 5.69 Å². The number of aromatic nitrogens is 2. The van der Waals surface area contributed by atoms with E-state index >= 15 is 0 Å². The predicted octanol–water partition coefficient (Wildman–Crippen LogP) is 1.16. The van der Waals surface area contributed by atoms with Gasteiger partial charge in [-0.1, -0.05) is 12.1 Å². The molecule has 3 N–H and O–H groups in total. The number of nitrogens with zero attached hydrogens (tertiary/aromatic N) is 4. The number of ether oxygens (including phenoxy) is 1. The first-order chi connectivity index (χ1) is 14.6. The number of anilines is 1. The molecule has 1 aromatic carbocycles. The molecule has 0 aliphatic rings. The largest absolute Gasteiger partial charge is 0.385 e. The summed E-state index contributed by atoms with van der Waals surface area (Å²) in [5.74, 6) is 0.629. The number of nitrogens with one attached hydrogen (secondary N) is 3. The number of likely N-dealkylation sites (N-methyl/N-ethyl adjacent to an activating group) is 1. The summed E-state index contributed by atoms with van der Waals surface area (Å²) in [7, 11) is 5.57. The highest BCUT2D eigenvalue weighted by Gasteiger charge is 2.05. The fraction of sp³-hybridized carbons (Fsp3) is 0.476. The van der Waals surface area contributed by atoms with Crippen molar-refractivity contribution >= 4 is 17.6 Å². The Morgan fingerprint density at radius 1 is 1.27 bits per heavy atom. The second kappa shape index (κ2) is 13.3. The molecule has 0 saturated heterocycles. The molecule has 0 spiro atoms. The first-order valence-electron chi connectivity index (χ1n) is 10.1. The SMILES string of the molecule is CN=C(NCCN(C)CCCOC)NCc1cccc(NC(=O)Cn2cccn2)c1. The normalized spacial score (nSPS) is 11.5. The standard InChI is InChI=1S/C21H33N7O2/c1-22-21(23-10-13-27(2)11-6-14-30-3)24-16-18-7-4-8-19(15-18)26-20(29)17-28-12-5-9-25-28/h4-5,7-9,12,15H,6,10-11,13-14,16-17H2,1-3H3,(H,26,29)(H2,22,23,24). The lowest BCUT2D eigenvalue weighted by Gasteiger charge is -2.18. The number of aliphatic imine (C=N–C) groups is 1. The van der Waals surface area contributed by atoms with Crippen LogP contribution < -0.4 is 16.0 Å². The number of carbonyl (C=O) groups excluding carboxylic acids is 1. The summed E-state index contributed by atoms with van der Waals surface area (Å²) in [6.07, 6.45) is 4.44. The van der Waals surface area contributed by atoms with Crippen LogP contribution in [-0.2, 0) is 22.6 Å². The van der Waals surface area contributed by atoms with E-state index in [1.165, 1.54) is 0 Å². The Morgan fingerprint density at radius 3 is 2.87 bits per heavy atom. The van der Waals surface area contributed by atoms with Crippen molar-refractivity contribution in [2.24, 2.45) is 4.99 Å². The van der Waals surface area contributed by atoms with Gasteiger partial charge in [0.25, 0.3) is 0 Å². The zero-order chi connectivity index (χ0) is 21.6. The molecule has 0 aliphatic carbocycles. The van der Waals surface area contributed by atoms with Crippen molar-refractivity contribution in [2.45, 2.75) is 19.5 Å². The van der Waals surface area contributed by atoms with Crippen LogP contribution >= 0.6 is 0 Å². The van der Waals surface area contributed by atoms with E-state index in [0.29, 0.717) is 6.54 Å². The van der Waals surface area contributed by atoms with Gasteiger partial charge in [0.2, 0.25) is 5.91 Å². The van der Waals surface area contributed by atoms with Crippen LogP contribution in [0, 0.1) is 0 Å². The van der Waals surface area contributed by atoms with Crippen LogP contribution in [0.1, 0.15) is 12.0 Å². The lowest BCUT2D eigenvalue weighted by atomic mass is 10.2. The van der Waals surface area contributed by atoms with E-state index in [-0.39, 0.29) is 12.5 Å². The van der Waals surface area contributed by atoms with E-state index in [1.54, 1.807) is 37.3 Å². The smallest absolute Gasteiger partial charge is 0.246 e. The maximum absolute atomic E-state index is 12.1. The Balaban J connectivity index is 1.73. The van der Waals surface area contributed by atoms with E-state index in [0.717, 1.165) is 49.9 Å². The van der Waals surface area contributed by atoms with Gasteiger partial charge in [0.15, 0.2) is 5.96 Å². The zero-order valence-corrected chi connectivity index (χ0v) is 18.1. The number of guanidine groups is 1. The predicted molar refractivity (Wildman–Crippen MR) is 119 cm³/mol. The number of benzene rings is 1. The Bertz CT molecular complexity index is 777. The molecule has 0 fully saturated rings. The molecule has 1 amide bonds. The van der Waals surface area contributed by atoms with Crippen LogP contribution in [0.2, 0.25) is 0 Å². The first kappa shape index (κ1) is 23.4. The summed E-state index contributed by atoms with van der Waals surface area (Å²) in [4.78, 5) is 18.7. The maximum Gasteiger partial charge on any atom is 0.246 e. The number of methoxy groups -OCH3 is 1. The highest BCUT2D eigenvalue weighted by atomic mass is 16.5. The van der Waals surface area contributed by atoms with Gasteiger partial charge in [0.05, 0.1) is 0 Å². The number of carbonyl (C=O) groups is 1. The van der Waals surface area contributed by atoms with Crippen LogP contribution in [0.15, 0.2) is 47.7 Å². The Labute approximate surface area is 178 Å².